The van der Waals surface area contributed by atoms with Gasteiger partial charge in [-0.15, -0.1) is 0 Å². The van der Waals surface area contributed by atoms with E-state index in [0.29, 0.717) is 35.6 Å². The molecule has 2 atom stereocenters. The Balaban J connectivity index is 1.32. The fourth-order valence-corrected chi connectivity index (χ4v) is 5.26. The molecule has 1 saturated heterocycles. The van der Waals surface area contributed by atoms with Crippen molar-refractivity contribution < 1.29 is 14.3 Å². The Hall–Kier alpha value is -3.79. The molecule has 1 N–H and O–H groups in total. The average molecular weight is 561 g/mol. The van der Waals surface area contributed by atoms with Gasteiger partial charge in [0.05, 0.1) is 21.6 Å². The number of likely N-dealkylation sites (tertiary alicyclic amines) is 1. The fraction of sp³-hybridized carbons (Fsp3) is 0.333. The minimum absolute atomic E-state index is 0.134. The molecule has 1 aliphatic heterocycles. The number of anilines is 2. The van der Waals surface area contributed by atoms with Crippen LogP contribution in [0.4, 0.5) is 11.5 Å². The van der Waals surface area contributed by atoms with Gasteiger partial charge >= 0.3 is 0 Å². The second-order valence-corrected chi connectivity index (χ2v) is 10.5. The number of halogens is 1. The van der Waals surface area contributed by atoms with Crippen LogP contribution in [0.15, 0.2) is 60.9 Å². The van der Waals surface area contributed by atoms with Gasteiger partial charge in [-0.1, -0.05) is 23.7 Å². The number of nitrogens with zero attached hydrogens (tertiary/aromatic N) is 5. The van der Waals surface area contributed by atoms with Gasteiger partial charge in [-0.05, 0) is 76.3 Å². The first-order valence-corrected chi connectivity index (χ1v) is 13.7. The Morgan fingerprint density at radius 1 is 1.12 bits per heavy atom. The van der Waals surface area contributed by atoms with Crippen LogP contribution >= 0.6 is 11.6 Å². The molecule has 0 saturated carbocycles. The van der Waals surface area contributed by atoms with Crippen LogP contribution in [0.25, 0.3) is 10.9 Å². The number of aldehydes is 1. The van der Waals surface area contributed by atoms with E-state index in [9.17, 15) is 4.79 Å². The van der Waals surface area contributed by atoms with E-state index in [1.54, 1.807) is 6.07 Å². The van der Waals surface area contributed by atoms with Crippen molar-refractivity contribution in [3.8, 4) is 11.5 Å². The quantitative estimate of drug-likeness (QED) is 0.247. The number of carbonyl (C=O) groups excluding carboxylic acids is 1. The van der Waals surface area contributed by atoms with Gasteiger partial charge in [-0.2, -0.15) is 0 Å². The van der Waals surface area contributed by atoms with Crippen molar-refractivity contribution in [3.05, 3.63) is 77.3 Å². The lowest BCUT2D eigenvalue weighted by Gasteiger charge is -2.33. The van der Waals surface area contributed by atoms with Gasteiger partial charge in [-0.25, -0.2) is 9.97 Å². The van der Waals surface area contributed by atoms with Crippen LogP contribution in [-0.2, 0) is 11.4 Å². The van der Waals surface area contributed by atoms with E-state index in [0.717, 1.165) is 53.7 Å². The van der Waals surface area contributed by atoms with Gasteiger partial charge in [0.2, 0.25) is 0 Å². The molecule has 208 valence electrons. The third-order valence-corrected chi connectivity index (χ3v) is 7.28. The summed E-state index contributed by atoms with van der Waals surface area (Å²) in [4.78, 5) is 29.3. The van der Waals surface area contributed by atoms with Crippen molar-refractivity contribution in [2.45, 2.75) is 38.6 Å². The highest BCUT2D eigenvalue weighted by Crippen LogP contribution is 2.34. The van der Waals surface area contributed by atoms with E-state index in [1.165, 1.54) is 6.33 Å². The summed E-state index contributed by atoms with van der Waals surface area (Å²) < 4.78 is 12.3. The number of benzene rings is 2. The molecule has 1 fully saturated rings. The van der Waals surface area contributed by atoms with E-state index in [1.807, 2.05) is 74.4 Å². The van der Waals surface area contributed by atoms with E-state index >= 15 is 0 Å². The second-order valence-electron chi connectivity index (χ2n) is 10.1. The Labute approximate surface area is 239 Å². The van der Waals surface area contributed by atoms with E-state index in [4.69, 9.17) is 21.1 Å². The average Bonchev–Trinajstić information content (AvgIpc) is 3.40. The number of rotatable bonds is 11. The lowest BCUT2D eigenvalue weighted by molar-refractivity contribution is -0.118. The summed E-state index contributed by atoms with van der Waals surface area (Å²) in [7, 11) is 3.84. The first kappa shape index (κ1) is 27.8. The molecule has 10 heteroatoms. The highest BCUT2D eigenvalue weighted by atomic mass is 35.5. The molecule has 0 aliphatic carbocycles. The largest absolute Gasteiger partial charge is 0.491 e. The number of aryl methyl sites for hydroxylation is 1. The first-order chi connectivity index (χ1) is 19.4. The smallest absolute Gasteiger partial charge is 0.151 e. The molecule has 0 spiro atoms. The zero-order valence-electron chi connectivity index (χ0n) is 22.9. The highest BCUT2D eigenvalue weighted by Gasteiger charge is 2.32. The molecule has 1 aliphatic rings. The summed E-state index contributed by atoms with van der Waals surface area (Å²) in [6.07, 6.45) is 4.24. The van der Waals surface area contributed by atoms with Crippen LogP contribution in [0.2, 0.25) is 5.02 Å². The van der Waals surface area contributed by atoms with E-state index in [2.05, 4.69) is 25.2 Å². The predicted octanol–water partition coefficient (Wildman–Crippen LogP) is 5.24. The summed E-state index contributed by atoms with van der Waals surface area (Å²) in [5, 5.41) is 4.61. The molecule has 0 amide bonds. The van der Waals surface area contributed by atoms with Gasteiger partial charge in [0.15, 0.2) is 6.29 Å². The maximum absolute atomic E-state index is 11.7. The minimum Gasteiger partial charge on any atom is -0.491 e. The standard InChI is InChI=1S/C30H33ClN6O3/c1-20-7-4-8-22(34-20)17-39-26-13-12-21(15-24(26)31)35-30-29-25(32-19-33-30)10-5-11-27(29)40-18-23-9-6-14-37(23)28(16-38)36(2)3/h4-5,7-8,10-13,15-16,19,23,28H,6,9,14,17-18H2,1-3H3,(H,32,33,35). The van der Waals surface area contributed by atoms with Crippen LogP contribution in [-0.4, -0.2) is 70.5 Å². The van der Waals surface area contributed by atoms with Crippen molar-refractivity contribution in [2.24, 2.45) is 0 Å². The molecule has 3 heterocycles. The summed E-state index contributed by atoms with van der Waals surface area (Å²) in [6.45, 7) is 3.59. The van der Waals surface area contributed by atoms with Crippen molar-refractivity contribution >= 4 is 40.3 Å². The number of fused-ring (bicyclic) bond motifs is 1. The SMILES string of the molecule is Cc1cccc(COc2ccc(Nc3ncnc4cccc(OCC5CCCN5C(C=O)N(C)C)c34)cc2Cl)n1. The van der Waals surface area contributed by atoms with E-state index < -0.39 is 0 Å². The van der Waals surface area contributed by atoms with Crippen LogP contribution in [0.5, 0.6) is 11.5 Å². The number of hydrogen-bond donors (Lipinski definition) is 1. The van der Waals surface area contributed by atoms with Crippen LogP contribution in [0.1, 0.15) is 24.2 Å². The zero-order valence-corrected chi connectivity index (χ0v) is 23.6. The van der Waals surface area contributed by atoms with Crippen molar-refractivity contribution in [1.29, 1.82) is 0 Å². The van der Waals surface area contributed by atoms with Gasteiger partial charge in [0.25, 0.3) is 0 Å². The molecule has 2 aromatic carbocycles. The van der Waals surface area contributed by atoms with Gasteiger partial charge < -0.3 is 19.6 Å². The molecule has 9 nitrogen and oxygen atoms in total. The number of ether oxygens (including phenoxy) is 2. The number of aromatic nitrogens is 3. The number of nitrogens with one attached hydrogen (secondary N) is 1. The summed E-state index contributed by atoms with van der Waals surface area (Å²) in [5.74, 6) is 1.85. The van der Waals surface area contributed by atoms with Gasteiger partial charge in [0, 0.05) is 24.0 Å². The third-order valence-electron chi connectivity index (χ3n) is 6.99. The lowest BCUT2D eigenvalue weighted by atomic mass is 10.2. The monoisotopic (exact) mass is 560 g/mol. The predicted molar refractivity (Wildman–Crippen MR) is 156 cm³/mol. The van der Waals surface area contributed by atoms with E-state index in [-0.39, 0.29) is 12.2 Å². The second kappa shape index (κ2) is 12.6. The summed E-state index contributed by atoms with van der Waals surface area (Å²) >= 11 is 6.56. The Morgan fingerprint density at radius 2 is 1.98 bits per heavy atom. The van der Waals surface area contributed by atoms with Crippen molar-refractivity contribution in [3.63, 3.8) is 0 Å². The van der Waals surface area contributed by atoms with Gasteiger partial charge in [-0.3, -0.25) is 14.8 Å². The van der Waals surface area contributed by atoms with Crippen molar-refractivity contribution in [2.75, 3.05) is 32.6 Å². The fourth-order valence-electron chi connectivity index (χ4n) is 5.03. The van der Waals surface area contributed by atoms with Crippen molar-refractivity contribution in [1.82, 2.24) is 24.8 Å². The number of hydrogen-bond acceptors (Lipinski definition) is 9. The van der Waals surface area contributed by atoms with Crippen LogP contribution < -0.4 is 14.8 Å². The molecule has 40 heavy (non-hydrogen) atoms. The highest BCUT2D eigenvalue weighted by molar-refractivity contribution is 6.32. The third kappa shape index (κ3) is 6.33. The Kier molecular flexibility index (Phi) is 8.74. The van der Waals surface area contributed by atoms with Crippen LogP contribution in [0, 0.1) is 6.92 Å². The minimum atomic E-state index is -0.269. The Morgan fingerprint density at radius 3 is 2.75 bits per heavy atom. The molecular formula is C30H33ClN6O3. The molecule has 2 unspecified atom stereocenters. The Bertz CT molecular complexity index is 1480. The maximum Gasteiger partial charge on any atom is 0.151 e. The maximum atomic E-state index is 11.7. The molecule has 0 radical (unpaired) electrons. The normalized spacial score (nSPS) is 16.3. The molecule has 5 rings (SSSR count). The molecule has 0 bridgehead atoms. The van der Waals surface area contributed by atoms with Crippen LogP contribution in [0.3, 0.4) is 0 Å². The number of pyridine rings is 1. The zero-order chi connectivity index (χ0) is 28.1. The number of carbonyl (C=O) groups is 1. The summed E-state index contributed by atoms with van der Waals surface area (Å²) in [6, 6.07) is 17.2. The topological polar surface area (TPSA) is 92.7 Å². The first-order valence-electron chi connectivity index (χ1n) is 13.3. The lowest BCUT2D eigenvalue weighted by Crippen LogP contribution is -2.50. The summed E-state index contributed by atoms with van der Waals surface area (Å²) in [5.41, 5.74) is 3.28. The number of likely N-dealkylation sites (N-methyl/N-ethyl adjacent to an activating group) is 1. The molecule has 4 aromatic rings. The molecule has 2 aromatic heterocycles. The molecular weight excluding hydrogens is 528 g/mol. The van der Waals surface area contributed by atoms with Gasteiger partial charge in [0.1, 0.15) is 43.0 Å².